The third kappa shape index (κ3) is 5.20. The van der Waals surface area contributed by atoms with Gasteiger partial charge < -0.3 is 14.8 Å². The van der Waals surface area contributed by atoms with Gasteiger partial charge in [-0.05, 0) is 60.2 Å². The summed E-state index contributed by atoms with van der Waals surface area (Å²) in [7, 11) is 1.62. The molecule has 0 radical (unpaired) electrons. The van der Waals surface area contributed by atoms with Gasteiger partial charge in [-0.2, -0.15) is 10.4 Å². The smallest absolute Gasteiger partial charge is 0.272 e. The van der Waals surface area contributed by atoms with Crippen molar-refractivity contribution in [2.45, 2.75) is 6.54 Å². The van der Waals surface area contributed by atoms with Gasteiger partial charge in [-0.15, -0.1) is 0 Å². The molecule has 7 nitrogen and oxygen atoms in total. The molecule has 7 heteroatoms. The average molecular weight is 438 g/mol. The maximum atomic E-state index is 12.9. The zero-order valence-corrected chi connectivity index (χ0v) is 18.1. The predicted octanol–water partition coefficient (Wildman–Crippen LogP) is 4.38. The van der Waals surface area contributed by atoms with Gasteiger partial charge in [0.2, 0.25) is 0 Å². The number of hydrogen-bond acceptors (Lipinski definition) is 5. The quantitative estimate of drug-likeness (QED) is 0.441. The molecule has 0 atom stereocenters. The fourth-order valence-electron chi connectivity index (χ4n) is 3.36. The fraction of sp³-hybridized carbons (Fsp3) is 0.115. The number of methoxy groups -OCH3 is 1. The molecule has 0 spiro atoms. The van der Waals surface area contributed by atoms with Crippen molar-refractivity contribution in [3.63, 3.8) is 0 Å². The van der Waals surface area contributed by atoms with Gasteiger partial charge in [0.25, 0.3) is 5.91 Å². The van der Waals surface area contributed by atoms with E-state index in [-0.39, 0.29) is 12.5 Å². The van der Waals surface area contributed by atoms with E-state index >= 15 is 0 Å². The van der Waals surface area contributed by atoms with Crippen LogP contribution >= 0.6 is 0 Å². The number of para-hydroxylation sites is 1. The summed E-state index contributed by atoms with van der Waals surface area (Å²) in [4.78, 5) is 12.9. The number of nitrogens with one attached hydrogen (secondary N) is 1. The molecule has 4 aromatic rings. The zero-order valence-electron chi connectivity index (χ0n) is 18.1. The van der Waals surface area contributed by atoms with E-state index in [1.54, 1.807) is 30.0 Å². The summed E-state index contributed by atoms with van der Waals surface area (Å²) in [6, 6.07) is 28.3. The minimum Gasteiger partial charge on any atom is -0.497 e. The second kappa shape index (κ2) is 10.2. The lowest BCUT2D eigenvalue weighted by molar-refractivity contribution is 0.0945. The lowest BCUT2D eigenvalue weighted by atomic mass is 10.1. The number of ether oxygens (including phenoxy) is 2. The van der Waals surface area contributed by atoms with Crippen molar-refractivity contribution in [3.8, 4) is 34.5 Å². The molecule has 0 aliphatic carbocycles. The summed E-state index contributed by atoms with van der Waals surface area (Å²) >= 11 is 0. The molecule has 1 N–H and O–H groups in total. The highest BCUT2D eigenvalue weighted by atomic mass is 16.5. The Balaban J connectivity index is 1.58. The highest BCUT2D eigenvalue weighted by Crippen LogP contribution is 2.26. The topological polar surface area (TPSA) is 89.2 Å². The van der Waals surface area contributed by atoms with Crippen molar-refractivity contribution in [2.75, 3.05) is 13.7 Å². The SMILES string of the molecule is COc1ccc(-c2cc(C(=O)NCc3cccc(OCC#N)c3)nn2-c2ccccc2)cc1. The molecular weight excluding hydrogens is 416 g/mol. The van der Waals surface area contributed by atoms with Crippen LogP contribution in [0.2, 0.25) is 0 Å². The lowest BCUT2D eigenvalue weighted by Gasteiger charge is -2.08. The van der Waals surface area contributed by atoms with E-state index in [1.807, 2.05) is 72.8 Å². The number of hydrogen-bond donors (Lipinski definition) is 1. The second-order valence-electron chi connectivity index (χ2n) is 7.17. The van der Waals surface area contributed by atoms with E-state index in [2.05, 4.69) is 10.4 Å². The first-order valence-electron chi connectivity index (χ1n) is 10.3. The molecule has 1 amide bonds. The Labute approximate surface area is 191 Å². The average Bonchev–Trinajstić information content (AvgIpc) is 3.32. The Hall–Kier alpha value is -4.57. The van der Waals surface area contributed by atoms with E-state index in [0.717, 1.165) is 28.3 Å². The van der Waals surface area contributed by atoms with Crippen molar-refractivity contribution in [3.05, 3.63) is 96.2 Å². The molecular formula is C26H22N4O3. The first kappa shape index (κ1) is 21.7. The van der Waals surface area contributed by atoms with Crippen LogP contribution in [-0.4, -0.2) is 29.4 Å². The van der Waals surface area contributed by atoms with E-state index in [1.165, 1.54) is 0 Å². The van der Waals surface area contributed by atoms with E-state index in [4.69, 9.17) is 14.7 Å². The standard InChI is InChI=1S/C26H22N4O3/c1-32-22-12-10-20(11-13-22)25-17-24(29-30(25)21-7-3-2-4-8-21)26(31)28-18-19-6-5-9-23(16-19)33-15-14-27/h2-13,16-17H,15,18H2,1H3,(H,28,31). The Morgan fingerprint density at radius 3 is 2.52 bits per heavy atom. The normalized spacial score (nSPS) is 10.3. The number of aromatic nitrogens is 2. The minimum atomic E-state index is -0.289. The number of carbonyl (C=O) groups excluding carboxylic acids is 1. The number of amides is 1. The molecule has 4 rings (SSSR count). The third-order valence-electron chi connectivity index (χ3n) is 4.98. The summed E-state index contributed by atoms with van der Waals surface area (Å²) in [6.07, 6.45) is 0. The van der Waals surface area contributed by atoms with Gasteiger partial charge in [-0.1, -0.05) is 30.3 Å². The molecule has 1 aromatic heterocycles. The summed E-state index contributed by atoms with van der Waals surface area (Å²) in [5.74, 6) is 1.05. The third-order valence-corrected chi connectivity index (χ3v) is 4.98. The molecule has 0 aliphatic rings. The highest BCUT2D eigenvalue weighted by molar-refractivity contribution is 5.93. The van der Waals surface area contributed by atoms with Crippen molar-refractivity contribution in [1.82, 2.24) is 15.1 Å². The second-order valence-corrected chi connectivity index (χ2v) is 7.17. The van der Waals surface area contributed by atoms with Crippen molar-refractivity contribution >= 4 is 5.91 Å². The van der Waals surface area contributed by atoms with Gasteiger partial charge >= 0.3 is 0 Å². The van der Waals surface area contributed by atoms with Crippen LogP contribution < -0.4 is 14.8 Å². The van der Waals surface area contributed by atoms with Gasteiger partial charge in [0.1, 0.15) is 17.6 Å². The molecule has 1 heterocycles. The van der Waals surface area contributed by atoms with Crippen LogP contribution in [0.3, 0.4) is 0 Å². The lowest BCUT2D eigenvalue weighted by Crippen LogP contribution is -2.23. The molecule has 0 saturated carbocycles. The number of benzene rings is 3. The maximum absolute atomic E-state index is 12.9. The zero-order chi connectivity index (χ0) is 23.0. The Kier molecular flexibility index (Phi) is 6.67. The highest BCUT2D eigenvalue weighted by Gasteiger charge is 2.17. The van der Waals surface area contributed by atoms with Crippen LogP contribution in [0.25, 0.3) is 16.9 Å². The number of nitrogens with zero attached hydrogens (tertiary/aromatic N) is 3. The monoisotopic (exact) mass is 438 g/mol. The summed E-state index contributed by atoms with van der Waals surface area (Å²) < 4.78 is 12.3. The summed E-state index contributed by atoms with van der Waals surface area (Å²) in [5, 5.41) is 16.2. The fourth-order valence-corrected chi connectivity index (χ4v) is 3.36. The van der Waals surface area contributed by atoms with Crippen molar-refractivity contribution < 1.29 is 14.3 Å². The van der Waals surface area contributed by atoms with Gasteiger partial charge in [-0.3, -0.25) is 4.79 Å². The van der Waals surface area contributed by atoms with Crippen molar-refractivity contribution in [2.24, 2.45) is 0 Å². The predicted molar refractivity (Wildman–Crippen MR) is 124 cm³/mol. The van der Waals surface area contributed by atoms with Gasteiger partial charge in [0.15, 0.2) is 12.3 Å². The van der Waals surface area contributed by atoms with Crippen LogP contribution in [0, 0.1) is 11.3 Å². The largest absolute Gasteiger partial charge is 0.497 e. The van der Waals surface area contributed by atoms with E-state index in [0.29, 0.717) is 18.0 Å². The van der Waals surface area contributed by atoms with Crippen molar-refractivity contribution in [1.29, 1.82) is 5.26 Å². The summed E-state index contributed by atoms with van der Waals surface area (Å²) in [6.45, 7) is 0.277. The molecule has 3 aromatic carbocycles. The van der Waals surface area contributed by atoms with E-state index in [9.17, 15) is 4.79 Å². The number of rotatable bonds is 8. The van der Waals surface area contributed by atoms with Crippen LogP contribution in [0.15, 0.2) is 84.9 Å². The van der Waals surface area contributed by atoms with Gasteiger partial charge in [0.05, 0.1) is 18.5 Å². The maximum Gasteiger partial charge on any atom is 0.272 e. The molecule has 0 aliphatic heterocycles. The molecule has 164 valence electrons. The Morgan fingerprint density at radius 1 is 1.00 bits per heavy atom. The first-order chi connectivity index (χ1) is 16.2. The minimum absolute atomic E-state index is 0.0269. The van der Waals surface area contributed by atoms with Crippen LogP contribution in [0.5, 0.6) is 11.5 Å². The summed E-state index contributed by atoms with van der Waals surface area (Å²) in [5.41, 5.74) is 3.72. The number of carbonyl (C=O) groups is 1. The molecule has 0 unspecified atom stereocenters. The molecule has 0 fully saturated rings. The number of nitriles is 1. The van der Waals surface area contributed by atoms with E-state index < -0.39 is 0 Å². The van der Waals surface area contributed by atoms with Gasteiger partial charge in [0, 0.05) is 12.1 Å². The van der Waals surface area contributed by atoms with Crippen LogP contribution in [0.1, 0.15) is 16.1 Å². The Bertz CT molecular complexity index is 1280. The first-order valence-corrected chi connectivity index (χ1v) is 10.3. The molecule has 0 saturated heterocycles. The Morgan fingerprint density at radius 2 is 1.79 bits per heavy atom. The van der Waals surface area contributed by atoms with Crippen LogP contribution in [0.4, 0.5) is 0 Å². The van der Waals surface area contributed by atoms with Gasteiger partial charge in [-0.25, -0.2) is 4.68 Å². The van der Waals surface area contributed by atoms with Crippen LogP contribution in [-0.2, 0) is 6.54 Å². The molecule has 0 bridgehead atoms. The molecule has 33 heavy (non-hydrogen) atoms.